The van der Waals surface area contributed by atoms with Crippen molar-refractivity contribution in [3.05, 3.63) is 45.5 Å². The van der Waals surface area contributed by atoms with Crippen molar-refractivity contribution >= 4 is 23.1 Å². The maximum absolute atomic E-state index is 12.2. The van der Waals surface area contributed by atoms with Crippen molar-refractivity contribution in [1.82, 2.24) is 15.0 Å². The molecule has 0 aliphatic heterocycles. The maximum atomic E-state index is 12.2. The number of pyridine rings is 1. The molecule has 2 rings (SSSR count). The Kier molecular flexibility index (Phi) is 5.06. The standard InChI is InChI=1S/C16H22ClN5O/c1-6-19-16(2,3)11-7-8-14(18-10-11)20-12-9-13(17)21(4)22(5)15(12)23/h7-10,19H,6H2,1-5H3/p+1. The molecule has 0 unspecified atom stereocenters. The van der Waals surface area contributed by atoms with E-state index < -0.39 is 0 Å². The molecule has 0 aliphatic rings. The highest BCUT2D eigenvalue weighted by atomic mass is 35.5. The minimum atomic E-state index is -0.171. The molecule has 7 heteroatoms. The van der Waals surface area contributed by atoms with Crippen molar-refractivity contribution in [2.45, 2.75) is 26.3 Å². The molecule has 2 N–H and O–H groups in total. The normalized spacial score (nSPS) is 11.6. The summed E-state index contributed by atoms with van der Waals surface area (Å²) in [6.07, 6.45) is 1.81. The predicted octanol–water partition coefficient (Wildman–Crippen LogP) is 1.85. The second-order valence-electron chi connectivity index (χ2n) is 5.95. The van der Waals surface area contributed by atoms with Crippen molar-refractivity contribution in [2.75, 3.05) is 11.9 Å². The van der Waals surface area contributed by atoms with E-state index in [0.29, 0.717) is 16.7 Å². The van der Waals surface area contributed by atoms with Crippen molar-refractivity contribution in [3.63, 3.8) is 0 Å². The lowest BCUT2D eigenvalue weighted by Gasteiger charge is -2.26. The third kappa shape index (κ3) is 3.71. The van der Waals surface area contributed by atoms with E-state index in [1.54, 1.807) is 31.0 Å². The summed E-state index contributed by atoms with van der Waals surface area (Å²) >= 11 is 6.11. The van der Waals surface area contributed by atoms with Gasteiger partial charge in [0.05, 0.1) is 13.1 Å². The van der Waals surface area contributed by atoms with Crippen molar-refractivity contribution in [2.24, 2.45) is 14.1 Å². The number of rotatable bonds is 5. The molecule has 2 aromatic rings. The number of nitrogens with one attached hydrogen (secondary N) is 2. The van der Waals surface area contributed by atoms with E-state index >= 15 is 0 Å². The summed E-state index contributed by atoms with van der Waals surface area (Å²) in [6.45, 7) is 7.16. The number of nitrogens with zero attached hydrogens (tertiary/aromatic N) is 3. The van der Waals surface area contributed by atoms with Crippen LogP contribution < -0.4 is 20.9 Å². The van der Waals surface area contributed by atoms with Crippen molar-refractivity contribution in [3.8, 4) is 0 Å². The van der Waals surface area contributed by atoms with Gasteiger partial charge in [-0.05, 0) is 43.6 Å². The Hall–Kier alpha value is -1.92. The van der Waals surface area contributed by atoms with Crippen LogP contribution in [0.25, 0.3) is 0 Å². The van der Waals surface area contributed by atoms with Crippen LogP contribution in [0.2, 0.25) is 5.15 Å². The van der Waals surface area contributed by atoms with Gasteiger partial charge in [0.15, 0.2) is 7.05 Å². The fourth-order valence-corrected chi connectivity index (χ4v) is 2.56. The molecule has 2 aromatic heterocycles. The zero-order chi connectivity index (χ0) is 17.2. The van der Waals surface area contributed by atoms with Gasteiger partial charge >= 0.3 is 5.56 Å². The lowest BCUT2D eigenvalue weighted by molar-refractivity contribution is -0.754. The van der Waals surface area contributed by atoms with Gasteiger partial charge in [-0.2, -0.15) is 0 Å². The summed E-state index contributed by atoms with van der Waals surface area (Å²) in [7, 11) is 3.39. The van der Waals surface area contributed by atoms with E-state index in [-0.39, 0.29) is 11.1 Å². The van der Waals surface area contributed by atoms with Gasteiger partial charge in [-0.25, -0.2) is 4.98 Å². The summed E-state index contributed by atoms with van der Waals surface area (Å²) in [5, 5.41) is 6.89. The third-order valence-electron chi connectivity index (χ3n) is 3.91. The number of halogens is 1. The van der Waals surface area contributed by atoms with Gasteiger partial charge in [-0.3, -0.25) is 4.79 Å². The first-order valence-corrected chi connectivity index (χ1v) is 7.88. The van der Waals surface area contributed by atoms with E-state index in [1.165, 1.54) is 4.68 Å². The van der Waals surface area contributed by atoms with Crippen LogP contribution in [0.4, 0.5) is 11.5 Å². The van der Waals surface area contributed by atoms with E-state index in [9.17, 15) is 4.79 Å². The van der Waals surface area contributed by atoms with E-state index in [2.05, 4.69) is 36.4 Å². The molecule has 6 nitrogen and oxygen atoms in total. The Balaban J connectivity index is 2.28. The molecule has 0 atom stereocenters. The number of aromatic nitrogens is 3. The molecule has 2 heterocycles. The molecular formula is C16H23ClN5O+. The van der Waals surface area contributed by atoms with Crippen LogP contribution in [0.15, 0.2) is 29.2 Å². The molecule has 0 fully saturated rings. The lowest BCUT2D eigenvalue weighted by Crippen LogP contribution is -2.48. The van der Waals surface area contributed by atoms with Gasteiger partial charge in [0.1, 0.15) is 11.5 Å². The molecule has 23 heavy (non-hydrogen) atoms. The van der Waals surface area contributed by atoms with Crippen LogP contribution in [0.1, 0.15) is 26.3 Å². The Morgan fingerprint density at radius 2 is 2.09 bits per heavy atom. The monoisotopic (exact) mass is 336 g/mol. The molecular weight excluding hydrogens is 314 g/mol. The van der Waals surface area contributed by atoms with Gasteiger partial charge < -0.3 is 10.6 Å². The highest BCUT2D eigenvalue weighted by Crippen LogP contribution is 2.21. The topological polar surface area (TPSA) is 62.8 Å². The minimum absolute atomic E-state index is 0.153. The molecule has 0 aliphatic carbocycles. The van der Waals surface area contributed by atoms with Gasteiger partial charge in [-0.1, -0.05) is 17.7 Å². The maximum Gasteiger partial charge on any atom is 0.324 e. The average molecular weight is 337 g/mol. The molecule has 0 radical (unpaired) electrons. The smallest absolute Gasteiger partial charge is 0.324 e. The lowest BCUT2D eigenvalue weighted by atomic mass is 9.96. The molecule has 124 valence electrons. The SMILES string of the molecule is CCNC(C)(C)c1ccc(Nc2cc(Cl)[n+](C)n(C)c2=O)nc1. The van der Waals surface area contributed by atoms with E-state index in [0.717, 1.165) is 12.1 Å². The first-order chi connectivity index (χ1) is 10.8. The fraction of sp³-hybridized carbons (Fsp3) is 0.438. The Labute approximate surface area is 141 Å². The van der Waals surface area contributed by atoms with Gasteiger partial charge in [0.2, 0.25) is 0 Å². The van der Waals surface area contributed by atoms with Crippen LogP contribution in [-0.2, 0) is 19.6 Å². The molecule has 0 bridgehead atoms. The quantitative estimate of drug-likeness (QED) is 0.818. The van der Waals surface area contributed by atoms with Crippen molar-refractivity contribution in [1.29, 1.82) is 0 Å². The first kappa shape index (κ1) is 17.4. The largest absolute Gasteiger partial charge is 0.335 e. The van der Waals surface area contributed by atoms with Crippen molar-refractivity contribution < 1.29 is 4.68 Å². The number of hydrogen-bond donors (Lipinski definition) is 2. The van der Waals surface area contributed by atoms with Crippen LogP contribution in [-0.4, -0.2) is 16.2 Å². The van der Waals surface area contributed by atoms with E-state index in [4.69, 9.17) is 11.6 Å². The Bertz CT molecular complexity index is 752. The zero-order valence-electron chi connectivity index (χ0n) is 14.1. The second kappa shape index (κ2) is 6.68. The summed E-state index contributed by atoms with van der Waals surface area (Å²) in [5.74, 6) is 0.600. The third-order valence-corrected chi connectivity index (χ3v) is 4.27. The van der Waals surface area contributed by atoms with Gasteiger partial charge in [0, 0.05) is 11.7 Å². The minimum Gasteiger partial charge on any atom is -0.335 e. The summed E-state index contributed by atoms with van der Waals surface area (Å²) < 4.78 is 3.01. The molecule has 0 amide bonds. The summed E-state index contributed by atoms with van der Waals surface area (Å²) in [4.78, 5) is 16.6. The number of hydrogen-bond acceptors (Lipinski definition) is 4. The number of anilines is 2. The Morgan fingerprint density at radius 1 is 1.39 bits per heavy atom. The molecule has 0 spiro atoms. The molecule has 0 saturated carbocycles. The van der Waals surface area contributed by atoms with Gasteiger partial charge in [0.25, 0.3) is 5.15 Å². The first-order valence-electron chi connectivity index (χ1n) is 7.50. The van der Waals surface area contributed by atoms with Crippen LogP contribution >= 0.6 is 11.6 Å². The second-order valence-corrected chi connectivity index (χ2v) is 6.33. The summed E-state index contributed by atoms with van der Waals surface area (Å²) in [5.41, 5.74) is 1.15. The van der Waals surface area contributed by atoms with Gasteiger partial charge in [-0.15, -0.1) is 4.68 Å². The highest BCUT2D eigenvalue weighted by Gasteiger charge is 2.19. The van der Waals surface area contributed by atoms with Crippen LogP contribution in [0, 0.1) is 0 Å². The Morgan fingerprint density at radius 3 is 2.65 bits per heavy atom. The zero-order valence-corrected chi connectivity index (χ0v) is 14.9. The molecule has 0 saturated heterocycles. The summed E-state index contributed by atoms with van der Waals surface area (Å²) in [6, 6.07) is 5.45. The highest BCUT2D eigenvalue weighted by molar-refractivity contribution is 6.28. The van der Waals surface area contributed by atoms with Crippen LogP contribution in [0.5, 0.6) is 0 Å². The van der Waals surface area contributed by atoms with Crippen LogP contribution in [0.3, 0.4) is 0 Å². The fourth-order valence-electron chi connectivity index (χ4n) is 2.34. The predicted molar refractivity (Wildman–Crippen MR) is 92.1 cm³/mol. The molecule has 0 aromatic carbocycles. The average Bonchev–Trinajstić information content (AvgIpc) is 2.51. The van der Waals surface area contributed by atoms with E-state index in [1.807, 2.05) is 12.1 Å².